The molecule has 1 aromatic carbocycles. The van der Waals surface area contributed by atoms with Crippen LogP contribution in [0.2, 0.25) is 0 Å². The minimum atomic E-state index is -0.499. The lowest BCUT2D eigenvalue weighted by atomic mass is 10.2. The zero-order chi connectivity index (χ0) is 25.7. The van der Waals surface area contributed by atoms with Crippen LogP contribution >= 0.6 is 0 Å². The van der Waals surface area contributed by atoms with E-state index >= 15 is 0 Å². The van der Waals surface area contributed by atoms with Crippen molar-refractivity contribution in [3.05, 3.63) is 78.0 Å². The van der Waals surface area contributed by atoms with Crippen LogP contribution in [0.4, 0.5) is 0 Å². The molecule has 2 N–H and O–H groups in total. The number of hydrogen-bond acceptors (Lipinski definition) is 5. The van der Waals surface area contributed by atoms with Crippen molar-refractivity contribution >= 4 is 11.2 Å². The average molecular weight is 496 g/mol. The van der Waals surface area contributed by atoms with Gasteiger partial charge in [0.2, 0.25) is 0 Å². The highest BCUT2D eigenvalue weighted by Gasteiger charge is 2.17. The summed E-state index contributed by atoms with van der Waals surface area (Å²) in [5.74, 6) is 0.716. The number of hydrogen-bond donors (Lipinski definition) is 2. The molecular weight excluding hydrogens is 462 g/mol. The van der Waals surface area contributed by atoms with Crippen LogP contribution in [0.3, 0.4) is 0 Å². The fraction of sp³-hybridized carbons (Fsp3) is 0.480. The molecule has 0 spiro atoms. The number of aromatic amines is 2. The maximum Gasteiger partial charge on any atom is 0.351 e. The Morgan fingerprint density at radius 3 is 2.14 bits per heavy atom. The summed E-state index contributed by atoms with van der Waals surface area (Å²) >= 11 is 0. The Kier molecular flexibility index (Phi) is 7.87. The van der Waals surface area contributed by atoms with Gasteiger partial charge in [-0.3, -0.25) is 13.9 Å². The molecule has 0 aliphatic rings. The Bertz CT molecular complexity index is 1550. The third-order valence-corrected chi connectivity index (χ3v) is 6.32. The minimum Gasteiger partial charge on any atom is -0.336 e. The van der Waals surface area contributed by atoms with Gasteiger partial charge in [0, 0.05) is 26.1 Å². The third kappa shape index (κ3) is 5.05. The predicted octanol–water partition coefficient (Wildman–Crippen LogP) is 2.15. The van der Waals surface area contributed by atoms with Gasteiger partial charge in [-0.05, 0) is 37.8 Å². The predicted molar refractivity (Wildman–Crippen MR) is 138 cm³/mol. The lowest BCUT2D eigenvalue weighted by molar-refractivity contribution is 0.497. The van der Waals surface area contributed by atoms with Crippen LogP contribution in [0.1, 0.15) is 58.2 Å². The van der Waals surface area contributed by atoms with E-state index in [4.69, 9.17) is 0 Å². The maximum absolute atomic E-state index is 13.2. The van der Waals surface area contributed by atoms with Gasteiger partial charge >= 0.3 is 17.1 Å². The summed E-state index contributed by atoms with van der Waals surface area (Å²) in [5, 5.41) is 2.56. The molecule has 0 atom stereocenters. The second-order valence-corrected chi connectivity index (χ2v) is 8.96. The number of aromatic nitrogens is 7. The molecule has 0 aliphatic heterocycles. The van der Waals surface area contributed by atoms with Crippen LogP contribution in [-0.2, 0) is 26.1 Å². The van der Waals surface area contributed by atoms with Gasteiger partial charge in [0.1, 0.15) is 11.3 Å². The summed E-state index contributed by atoms with van der Waals surface area (Å²) < 4.78 is 5.16. The summed E-state index contributed by atoms with van der Waals surface area (Å²) in [7, 11) is 0. The van der Waals surface area contributed by atoms with Crippen LogP contribution in [0.5, 0.6) is 0 Å². The quantitative estimate of drug-likeness (QED) is 0.291. The summed E-state index contributed by atoms with van der Waals surface area (Å²) in [5.41, 5.74) is -0.373. The highest BCUT2D eigenvalue weighted by Crippen LogP contribution is 2.10. The average Bonchev–Trinajstić information content (AvgIpc) is 3.43. The summed E-state index contributed by atoms with van der Waals surface area (Å²) in [4.78, 5) is 59.1. The Labute approximate surface area is 207 Å². The molecular formula is C25H33N7O4. The maximum atomic E-state index is 13.2. The Hall–Kier alpha value is -3.89. The van der Waals surface area contributed by atoms with E-state index in [9.17, 15) is 19.2 Å². The molecule has 0 fully saturated rings. The standard InChI is InChI=1S/C25H33N7O4/c1-3-5-14-19-26-20-21(27-19)29(15-6-4-2)24(35)30(22(20)33)16-10-11-17-31-23(34)28-32(25(31)36)18-12-8-7-9-13-18/h7-9,12-13H,3-6,10-11,14-17H2,1-2H3,(H,26,27)(H,28,34). The van der Waals surface area contributed by atoms with E-state index < -0.39 is 11.4 Å². The van der Waals surface area contributed by atoms with E-state index in [1.54, 1.807) is 28.8 Å². The van der Waals surface area contributed by atoms with Crippen molar-refractivity contribution in [1.82, 2.24) is 33.4 Å². The van der Waals surface area contributed by atoms with Crippen LogP contribution < -0.4 is 22.6 Å². The lowest BCUT2D eigenvalue weighted by Crippen LogP contribution is -2.40. The van der Waals surface area contributed by atoms with Crippen molar-refractivity contribution in [3.63, 3.8) is 0 Å². The van der Waals surface area contributed by atoms with Crippen molar-refractivity contribution in [2.75, 3.05) is 0 Å². The summed E-state index contributed by atoms with van der Waals surface area (Å²) in [6, 6.07) is 8.86. The largest absolute Gasteiger partial charge is 0.351 e. The number of H-pyrrole nitrogens is 2. The van der Waals surface area contributed by atoms with E-state index in [1.165, 1.54) is 9.25 Å². The molecule has 11 nitrogen and oxygen atoms in total. The van der Waals surface area contributed by atoms with Crippen LogP contribution in [-0.4, -0.2) is 33.4 Å². The normalized spacial score (nSPS) is 11.5. The molecule has 192 valence electrons. The van der Waals surface area contributed by atoms with Crippen molar-refractivity contribution < 1.29 is 0 Å². The van der Waals surface area contributed by atoms with Gasteiger partial charge in [-0.2, -0.15) is 0 Å². The fourth-order valence-corrected chi connectivity index (χ4v) is 4.29. The molecule has 0 aliphatic carbocycles. The number of benzene rings is 1. The van der Waals surface area contributed by atoms with E-state index in [0.717, 1.165) is 36.7 Å². The molecule has 4 aromatic rings. The number of para-hydroxylation sites is 1. The number of unbranched alkanes of at least 4 members (excludes halogenated alkanes) is 3. The molecule has 0 amide bonds. The van der Waals surface area contributed by atoms with Gasteiger partial charge in [-0.1, -0.05) is 44.9 Å². The molecule has 3 aromatic heterocycles. The van der Waals surface area contributed by atoms with Crippen molar-refractivity contribution in [1.29, 1.82) is 0 Å². The monoisotopic (exact) mass is 495 g/mol. The molecule has 3 heterocycles. The summed E-state index contributed by atoms with van der Waals surface area (Å²) in [6.07, 6.45) is 5.28. The zero-order valence-corrected chi connectivity index (χ0v) is 20.8. The van der Waals surface area contributed by atoms with E-state index in [0.29, 0.717) is 42.1 Å². The molecule has 0 saturated heterocycles. The number of imidazole rings is 1. The van der Waals surface area contributed by atoms with Gasteiger partial charge in [-0.15, -0.1) is 0 Å². The first-order valence-corrected chi connectivity index (χ1v) is 12.7. The van der Waals surface area contributed by atoms with Gasteiger partial charge < -0.3 is 4.98 Å². The van der Waals surface area contributed by atoms with E-state index in [2.05, 4.69) is 22.0 Å². The van der Waals surface area contributed by atoms with Gasteiger partial charge in [0.15, 0.2) is 5.65 Å². The molecule has 0 bridgehead atoms. The first kappa shape index (κ1) is 25.2. The Balaban J connectivity index is 1.54. The molecule has 0 radical (unpaired) electrons. The Morgan fingerprint density at radius 2 is 1.44 bits per heavy atom. The molecule has 0 unspecified atom stereocenters. The lowest BCUT2D eigenvalue weighted by Gasteiger charge is -2.11. The van der Waals surface area contributed by atoms with Gasteiger partial charge in [-0.25, -0.2) is 33.7 Å². The van der Waals surface area contributed by atoms with Crippen molar-refractivity contribution in [3.8, 4) is 5.69 Å². The number of fused-ring (bicyclic) bond motifs is 1. The molecule has 11 heteroatoms. The molecule has 0 saturated carbocycles. The minimum absolute atomic E-state index is 0.181. The first-order valence-electron chi connectivity index (χ1n) is 12.7. The Morgan fingerprint density at radius 1 is 0.778 bits per heavy atom. The van der Waals surface area contributed by atoms with Crippen molar-refractivity contribution in [2.24, 2.45) is 0 Å². The summed E-state index contributed by atoms with van der Waals surface area (Å²) in [6.45, 7) is 4.99. The van der Waals surface area contributed by atoms with Crippen LogP contribution in [0.25, 0.3) is 16.9 Å². The van der Waals surface area contributed by atoms with Crippen molar-refractivity contribution in [2.45, 2.75) is 78.4 Å². The van der Waals surface area contributed by atoms with E-state index in [1.807, 2.05) is 13.0 Å². The highest BCUT2D eigenvalue weighted by atomic mass is 16.2. The third-order valence-electron chi connectivity index (χ3n) is 6.32. The fourth-order valence-electron chi connectivity index (χ4n) is 4.29. The molecule has 4 rings (SSSR count). The SMILES string of the molecule is CCCCc1nc2c([nH]1)c(=O)n(CCCCn1c(=O)[nH]n(-c3ccccc3)c1=O)c(=O)n2CCCC. The number of rotatable bonds is 12. The number of aryl methyl sites for hydroxylation is 2. The second kappa shape index (κ2) is 11.2. The highest BCUT2D eigenvalue weighted by molar-refractivity contribution is 5.69. The van der Waals surface area contributed by atoms with E-state index in [-0.39, 0.29) is 24.3 Å². The number of nitrogens with zero attached hydrogens (tertiary/aromatic N) is 5. The number of nitrogens with one attached hydrogen (secondary N) is 2. The second-order valence-electron chi connectivity index (χ2n) is 8.96. The smallest absolute Gasteiger partial charge is 0.336 e. The van der Waals surface area contributed by atoms with Gasteiger partial charge in [0.05, 0.1) is 5.69 Å². The zero-order valence-electron chi connectivity index (χ0n) is 20.8. The van der Waals surface area contributed by atoms with Gasteiger partial charge in [0.25, 0.3) is 5.56 Å². The van der Waals surface area contributed by atoms with Crippen LogP contribution in [0.15, 0.2) is 49.5 Å². The topological polar surface area (TPSA) is 132 Å². The molecule has 36 heavy (non-hydrogen) atoms. The van der Waals surface area contributed by atoms with Crippen LogP contribution in [0, 0.1) is 0 Å². The first-order chi connectivity index (χ1) is 17.5.